The van der Waals surface area contributed by atoms with Gasteiger partial charge in [-0.1, -0.05) is 0 Å². The van der Waals surface area contributed by atoms with Crippen molar-refractivity contribution in [2.75, 3.05) is 14.2 Å². The minimum absolute atomic E-state index is 0.325. The summed E-state index contributed by atoms with van der Waals surface area (Å²) >= 11 is 0. The van der Waals surface area contributed by atoms with Crippen LogP contribution in [0.4, 0.5) is 0 Å². The normalized spacial score (nSPS) is 11.5. The van der Waals surface area contributed by atoms with Crippen LogP contribution >= 0.6 is 0 Å². The molecule has 1 aromatic carbocycles. The second kappa shape index (κ2) is 5.90. The van der Waals surface area contributed by atoms with Gasteiger partial charge in [-0.3, -0.25) is 4.79 Å². The van der Waals surface area contributed by atoms with Crippen molar-refractivity contribution in [3.8, 4) is 11.5 Å². The molecule has 1 atom stereocenters. The Bertz CT molecular complexity index is 458. The van der Waals surface area contributed by atoms with Crippen molar-refractivity contribution in [2.45, 2.75) is 13.0 Å². The maximum Gasteiger partial charge on any atom is 0.337 e. The lowest BCUT2D eigenvalue weighted by molar-refractivity contribution is -0.124. The topological polar surface area (TPSA) is 87.9 Å². The summed E-state index contributed by atoms with van der Waals surface area (Å²) in [5.74, 6) is -0.417. The molecule has 0 saturated heterocycles. The Hall–Kier alpha value is -2.24. The van der Waals surface area contributed by atoms with Gasteiger partial charge in [0.25, 0.3) is 5.91 Å². The molecule has 6 heteroatoms. The predicted octanol–water partition coefficient (Wildman–Crippen LogP) is 0.734. The van der Waals surface area contributed by atoms with Crippen molar-refractivity contribution >= 4 is 11.9 Å². The van der Waals surface area contributed by atoms with Crippen LogP contribution in [0.2, 0.25) is 0 Å². The van der Waals surface area contributed by atoms with E-state index in [1.807, 2.05) is 0 Å². The Morgan fingerprint density at radius 3 is 2.39 bits per heavy atom. The van der Waals surface area contributed by atoms with Gasteiger partial charge in [0.1, 0.15) is 0 Å². The number of methoxy groups -OCH3 is 2. The van der Waals surface area contributed by atoms with Crippen molar-refractivity contribution in [3.63, 3.8) is 0 Å². The molecule has 2 N–H and O–H groups in total. The van der Waals surface area contributed by atoms with Gasteiger partial charge in [-0.05, 0) is 25.1 Å². The van der Waals surface area contributed by atoms with Crippen molar-refractivity contribution in [3.05, 3.63) is 23.8 Å². The molecule has 6 nitrogen and oxygen atoms in total. The van der Waals surface area contributed by atoms with Gasteiger partial charge in [0.2, 0.25) is 0 Å². The predicted molar refractivity (Wildman–Crippen MR) is 63.6 cm³/mol. The van der Waals surface area contributed by atoms with Crippen molar-refractivity contribution in [1.82, 2.24) is 0 Å². The third-order valence-electron chi connectivity index (χ3n) is 2.29. The molecule has 0 aliphatic heterocycles. The number of carbonyl (C=O) groups is 2. The van der Waals surface area contributed by atoms with Crippen molar-refractivity contribution in [2.24, 2.45) is 5.73 Å². The molecule has 0 spiro atoms. The summed E-state index contributed by atoms with van der Waals surface area (Å²) in [6, 6.07) is 4.50. The number of rotatable bonds is 5. The Morgan fingerprint density at radius 2 is 1.89 bits per heavy atom. The van der Waals surface area contributed by atoms with Crippen LogP contribution < -0.4 is 15.2 Å². The SMILES string of the molecule is COC(=O)c1ccc(O[C@H](C)C(N)=O)c(OC)c1. The number of primary amides is 1. The molecule has 1 aromatic rings. The molecule has 1 amide bonds. The van der Waals surface area contributed by atoms with Crippen LogP contribution in [0.5, 0.6) is 11.5 Å². The third kappa shape index (κ3) is 3.13. The van der Waals surface area contributed by atoms with E-state index in [9.17, 15) is 9.59 Å². The van der Waals surface area contributed by atoms with Gasteiger partial charge in [0.15, 0.2) is 17.6 Å². The highest BCUT2D eigenvalue weighted by molar-refractivity contribution is 5.90. The van der Waals surface area contributed by atoms with Gasteiger partial charge < -0.3 is 19.9 Å². The van der Waals surface area contributed by atoms with Gasteiger partial charge >= 0.3 is 5.97 Å². The minimum atomic E-state index is -0.789. The van der Waals surface area contributed by atoms with Crippen LogP contribution in [0.3, 0.4) is 0 Å². The fourth-order valence-electron chi connectivity index (χ4n) is 1.26. The first-order chi connectivity index (χ1) is 8.49. The summed E-state index contributed by atoms with van der Waals surface area (Å²) in [5, 5.41) is 0. The van der Waals surface area contributed by atoms with E-state index in [1.54, 1.807) is 0 Å². The Kier molecular flexibility index (Phi) is 4.53. The Balaban J connectivity index is 3.00. The number of esters is 1. The molecule has 0 unspecified atom stereocenters. The van der Waals surface area contributed by atoms with Crippen molar-refractivity contribution < 1.29 is 23.8 Å². The number of hydrogen-bond acceptors (Lipinski definition) is 5. The first-order valence-electron chi connectivity index (χ1n) is 5.22. The maximum absolute atomic E-state index is 11.3. The van der Waals surface area contributed by atoms with E-state index < -0.39 is 18.0 Å². The molecule has 0 fully saturated rings. The van der Waals surface area contributed by atoms with Crippen LogP contribution in [0.1, 0.15) is 17.3 Å². The lowest BCUT2D eigenvalue weighted by Crippen LogP contribution is -2.30. The van der Waals surface area contributed by atoms with E-state index in [0.29, 0.717) is 17.1 Å². The highest BCUT2D eigenvalue weighted by atomic mass is 16.5. The monoisotopic (exact) mass is 253 g/mol. The molecule has 0 heterocycles. The lowest BCUT2D eigenvalue weighted by Gasteiger charge is -2.14. The summed E-state index contributed by atoms with van der Waals surface area (Å²) < 4.78 is 15.0. The summed E-state index contributed by atoms with van der Waals surface area (Å²) in [6.07, 6.45) is -0.789. The quantitative estimate of drug-likeness (QED) is 0.782. The van der Waals surface area contributed by atoms with E-state index in [1.165, 1.54) is 39.3 Å². The fraction of sp³-hybridized carbons (Fsp3) is 0.333. The van der Waals surface area contributed by atoms with E-state index in [4.69, 9.17) is 15.2 Å². The first kappa shape index (κ1) is 13.8. The molecular weight excluding hydrogens is 238 g/mol. The lowest BCUT2D eigenvalue weighted by atomic mass is 10.2. The van der Waals surface area contributed by atoms with Crippen LogP contribution in [0.25, 0.3) is 0 Å². The zero-order valence-corrected chi connectivity index (χ0v) is 10.4. The Labute approximate surface area is 105 Å². The molecule has 18 heavy (non-hydrogen) atoms. The molecule has 0 bridgehead atoms. The van der Waals surface area contributed by atoms with Gasteiger partial charge in [0.05, 0.1) is 19.8 Å². The number of hydrogen-bond donors (Lipinski definition) is 1. The van der Waals surface area contributed by atoms with E-state index >= 15 is 0 Å². The second-order valence-corrected chi connectivity index (χ2v) is 3.52. The fourth-order valence-corrected chi connectivity index (χ4v) is 1.26. The van der Waals surface area contributed by atoms with E-state index in [2.05, 4.69) is 4.74 Å². The molecule has 0 saturated carbocycles. The molecule has 1 rings (SSSR count). The Morgan fingerprint density at radius 1 is 1.22 bits per heavy atom. The zero-order valence-electron chi connectivity index (χ0n) is 10.4. The van der Waals surface area contributed by atoms with Gasteiger partial charge in [-0.15, -0.1) is 0 Å². The van der Waals surface area contributed by atoms with E-state index in [0.717, 1.165) is 0 Å². The summed E-state index contributed by atoms with van der Waals surface area (Å²) in [5.41, 5.74) is 5.42. The highest BCUT2D eigenvalue weighted by Gasteiger charge is 2.15. The number of amides is 1. The first-order valence-corrected chi connectivity index (χ1v) is 5.22. The molecule has 0 aromatic heterocycles. The number of benzene rings is 1. The average Bonchev–Trinajstić information content (AvgIpc) is 2.37. The van der Waals surface area contributed by atoms with Crippen LogP contribution in [-0.4, -0.2) is 32.2 Å². The molecule has 0 aliphatic carbocycles. The van der Waals surface area contributed by atoms with E-state index in [-0.39, 0.29) is 0 Å². The van der Waals surface area contributed by atoms with Crippen LogP contribution in [-0.2, 0) is 9.53 Å². The zero-order chi connectivity index (χ0) is 13.7. The summed E-state index contributed by atoms with van der Waals surface area (Å²) in [6.45, 7) is 1.52. The molecular formula is C12H15NO5. The molecule has 0 aliphatic rings. The average molecular weight is 253 g/mol. The minimum Gasteiger partial charge on any atom is -0.493 e. The largest absolute Gasteiger partial charge is 0.493 e. The number of nitrogens with two attached hydrogens (primary N) is 1. The molecule has 98 valence electrons. The standard InChI is InChI=1S/C12H15NO5/c1-7(11(13)14)18-9-5-4-8(12(15)17-3)6-10(9)16-2/h4-7H,1-3H3,(H2,13,14)/t7-/m1/s1. The second-order valence-electron chi connectivity index (χ2n) is 3.52. The smallest absolute Gasteiger partial charge is 0.337 e. The highest BCUT2D eigenvalue weighted by Crippen LogP contribution is 2.29. The van der Waals surface area contributed by atoms with Gasteiger partial charge in [0, 0.05) is 0 Å². The number of carbonyl (C=O) groups excluding carboxylic acids is 2. The van der Waals surface area contributed by atoms with Crippen LogP contribution in [0.15, 0.2) is 18.2 Å². The van der Waals surface area contributed by atoms with Crippen molar-refractivity contribution in [1.29, 1.82) is 0 Å². The number of ether oxygens (including phenoxy) is 3. The summed E-state index contributed by atoms with van der Waals surface area (Å²) in [4.78, 5) is 22.2. The van der Waals surface area contributed by atoms with Gasteiger partial charge in [-0.2, -0.15) is 0 Å². The summed E-state index contributed by atoms with van der Waals surface area (Å²) in [7, 11) is 2.71. The third-order valence-corrected chi connectivity index (χ3v) is 2.29. The maximum atomic E-state index is 11.3. The van der Waals surface area contributed by atoms with Crippen LogP contribution in [0, 0.1) is 0 Å². The molecule has 0 radical (unpaired) electrons. The van der Waals surface area contributed by atoms with Gasteiger partial charge in [-0.25, -0.2) is 4.79 Å².